The standard InChI is InChI=1S/C19H26ClN5.HI/c1-3-21-19(22-12-11-16-9-10-18(20)24-15-16)23-13-14-25(2)17-7-5-4-6-8-17;/h4-10,15H,3,11-14H2,1-2H3,(H2,21,22,23);1H. The minimum absolute atomic E-state index is 0. The van der Waals surface area contributed by atoms with Gasteiger partial charge in [0.05, 0.1) is 0 Å². The van der Waals surface area contributed by atoms with E-state index in [0.717, 1.165) is 37.6 Å². The second kappa shape index (κ2) is 12.8. The van der Waals surface area contributed by atoms with Crippen molar-refractivity contribution in [1.82, 2.24) is 15.6 Å². The van der Waals surface area contributed by atoms with Crippen LogP contribution in [0.4, 0.5) is 5.69 Å². The van der Waals surface area contributed by atoms with Gasteiger partial charge in [0, 0.05) is 45.1 Å². The van der Waals surface area contributed by atoms with Crippen molar-refractivity contribution in [2.45, 2.75) is 13.3 Å². The van der Waals surface area contributed by atoms with Crippen LogP contribution < -0.4 is 15.5 Å². The lowest BCUT2D eigenvalue weighted by atomic mass is 10.2. The molecule has 0 atom stereocenters. The Hall–Kier alpha value is -1.54. The summed E-state index contributed by atoms with van der Waals surface area (Å²) in [5.41, 5.74) is 2.34. The number of para-hydroxylation sites is 1. The van der Waals surface area contributed by atoms with Crippen LogP contribution in [-0.2, 0) is 6.42 Å². The van der Waals surface area contributed by atoms with Crippen LogP contribution in [0.15, 0.2) is 53.7 Å². The molecule has 0 radical (unpaired) electrons. The number of nitrogens with zero attached hydrogens (tertiary/aromatic N) is 3. The zero-order chi connectivity index (χ0) is 17.9. The van der Waals surface area contributed by atoms with E-state index in [-0.39, 0.29) is 24.0 Å². The van der Waals surface area contributed by atoms with Gasteiger partial charge in [0.25, 0.3) is 0 Å². The first-order valence-electron chi connectivity index (χ1n) is 8.58. The second-order valence-electron chi connectivity index (χ2n) is 5.68. The van der Waals surface area contributed by atoms with Gasteiger partial charge in [-0.25, -0.2) is 4.98 Å². The maximum atomic E-state index is 5.80. The van der Waals surface area contributed by atoms with Crippen LogP contribution in [0.25, 0.3) is 0 Å². The Balaban J connectivity index is 0.00000338. The van der Waals surface area contributed by atoms with Crippen LogP contribution in [0.1, 0.15) is 12.5 Å². The normalized spacial score (nSPS) is 10.8. The Morgan fingerprint density at radius 3 is 2.58 bits per heavy atom. The van der Waals surface area contributed by atoms with Gasteiger partial charge in [-0.1, -0.05) is 35.9 Å². The van der Waals surface area contributed by atoms with E-state index in [1.54, 1.807) is 6.20 Å². The number of guanidine groups is 1. The molecule has 0 spiro atoms. The van der Waals surface area contributed by atoms with E-state index in [4.69, 9.17) is 11.6 Å². The van der Waals surface area contributed by atoms with Crippen molar-refractivity contribution in [2.75, 3.05) is 38.1 Å². The Kier molecular flexibility index (Phi) is 11.0. The molecule has 142 valence electrons. The highest BCUT2D eigenvalue weighted by Crippen LogP contribution is 2.09. The lowest BCUT2D eigenvalue weighted by Gasteiger charge is -2.20. The van der Waals surface area contributed by atoms with E-state index in [9.17, 15) is 0 Å². The number of hydrogen-bond donors (Lipinski definition) is 2. The molecule has 0 unspecified atom stereocenters. The molecule has 2 rings (SSSR count). The number of pyridine rings is 1. The van der Waals surface area contributed by atoms with Crippen molar-refractivity contribution in [3.8, 4) is 0 Å². The van der Waals surface area contributed by atoms with Gasteiger partial charge >= 0.3 is 0 Å². The average Bonchev–Trinajstić information content (AvgIpc) is 2.64. The molecule has 5 nitrogen and oxygen atoms in total. The van der Waals surface area contributed by atoms with Crippen LogP contribution in [0.5, 0.6) is 0 Å². The highest BCUT2D eigenvalue weighted by Gasteiger charge is 2.01. The number of aliphatic imine (C=N–C) groups is 1. The highest BCUT2D eigenvalue weighted by molar-refractivity contribution is 14.0. The molecule has 0 aliphatic carbocycles. The van der Waals surface area contributed by atoms with Crippen molar-refractivity contribution in [1.29, 1.82) is 0 Å². The summed E-state index contributed by atoms with van der Waals surface area (Å²) in [6, 6.07) is 14.1. The van der Waals surface area contributed by atoms with Gasteiger partial charge in [-0.3, -0.25) is 4.99 Å². The monoisotopic (exact) mass is 487 g/mol. The Morgan fingerprint density at radius 1 is 1.15 bits per heavy atom. The minimum atomic E-state index is 0. The molecule has 0 saturated carbocycles. The summed E-state index contributed by atoms with van der Waals surface area (Å²) in [5.74, 6) is 0.839. The van der Waals surface area contributed by atoms with Crippen LogP contribution in [0, 0.1) is 0 Å². The molecule has 1 aromatic carbocycles. The molecule has 7 heteroatoms. The van der Waals surface area contributed by atoms with Gasteiger partial charge in [-0.2, -0.15) is 0 Å². The maximum absolute atomic E-state index is 5.80. The van der Waals surface area contributed by atoms with E-state index in [1.807, 2.05) is 18.2 Å². The Bertz CT molecular complexity index is 649. The lowest BCUT2D eigenvalue weighted by molar-refractivity contribution is 0.778. The van der Waals surface area contributed by atoms with Crippen molar-refractivity contribution < 1.29 is 0 Å². The summed E-state index contributed by atoms with van der Waals surface area (Å²) in [7, 11) is 2.09. The molecule has 0 saturated heterocycles. The summed E-state index contributed by atoms with van der Waals surface area (Å²) in [4.78, 5) is 10.9. The van der Waals surface area contributed by atoms with E-state index in [1.165, 1.54) is 5.69 Å². The van der Waals surface area contributed by atoms with Gasteiger partial charge in [-0.15, -0.1) is 24.0 Å². The minimum Gasteiger partial charge on any atom is -0.373 e. The van der Waals surface area contributed by atoms with Crippen molar-refractivity contribution >= 4 is 47.2 Å². The summed E-state index contributed by atoms with van der Waals surface area (Å²) >= 11 is 5.80. The largest absolute Gasteiger partial charge is 0.373 e. The second-order valence-corrected chi connectivity index (χ2v) is 6.07. The fourth-order valence-corrected chi connectivity index (χ4v) is 2.46. The SMILES string of the molecule is CCNC(=NCCc1ccc(Cl)nc1)NCCN(C)c1ccccc1.I. The number of likely N-dealkylation sites (N-methyl/N-ethyl adjacent to an activating group) is 1. The topological polar surface area (TPSA) is 52.6 Å². The molecular weight excluding hydrogens is 461 g/mol. The zero-order valence-corrected chi connectivity index (χ0v) is 18.4. The van der Waals surface area contributed by atoms with Crippen LogP contribution in [-0.4, -0.2) is 44.2 Å². The van der Waals surface area contributed by atoms with E-state index in [2.05, 4.69) is 63.7 Å². The number of aromatic nitrogens is 1. The summed E-state index contributed by atoms with van der Waals surface area (Å²) < 4.78 is 0. The number of benzene rings is 1. The van der Waals surface area contributed by atoms with E-state index in [0.29, 0.717) is 11.7 Å². The first kappa shape index (κ1) is 22.5. The maximum Gasteiger partial charge on any atom is 0.191 e. The molecule has 0 fully saturated rings. The fourth-order valence-electron chi connectivity index (χ4n) is 2.35. The molecule has 2 N–H and O–H groups in total. The zero-order valence-electron chi connectivity index (χ0n) is 15.3. The molecule has 1 heterocycles. The number of anilines is 1. The van der Waals surface area contributed by atoms with E-state index >= 15 is 0 Å². The smallest absolute Gasteiger partial charge is 0.191 e. The van der Waals surface area contributed by atoms with Crippen molar-refractivity contribution in [3.05, 3.63) is 59.4 Å². The molecule has 0 aliphatic heterocycles. The average molecular weight is 488 g/mol. The van der Waals surface area contributed by atoms with Gasteiger partial charge < -0.3 is 15.5 Å². The summed E-state index contributed by atoms with van der Waals surface area (Å²) in [6.45, 7) is 5.32. The van der Waals surface area contributed by atoms with Gasteiger partial charge in [0.1, 0.15) is 5.15 Å². The molecule has 2 aromatic rings. The molecule has 0 aliphatic rings. The van der Waals surface area contributed by atoms with Gasteiger partial charge in [0.15, 0.2) is 5.96 Å². The first-order valence-corrected chi connectivity index (χ1v) is 8.95. The predicted octanol–water partition coefficient (Wildman–Crippen LogP) is 3.59. The van der Waals surface area contributed by atoms with Crippen molar-refractivity contribution in [2.24, 2.45) is 4.99 Å². The highest BCUT2D eigenvalue weighted by atomic mass is 127. The summed E-state index contributed by atoms with van der Waals surface area (Å²) in [5, 5.41) is 7.17. The van der Waals surface area contributed by atoms with Gasteiger partial charge in [-0.05, 0) is 37.1 Å². The third-order valence-electron chi connectivity index (χ3n) is 3.74. The molecular formula is C19H27ClIN5. The van der Waals surface area contributed by atoms with Crippen LogP contribution >= 0.6 is 35.6 Å². The van der Waals surface area contributed by atoms with Crippen LogP contribution in [0.2, 0.25) is 5.15 Å². The third kappa shape index (κ3) is 8.23. The number of rotatable bonds is 8. The lowest BCUT2D eigenvalue weighted by Crippen LogP contribution is -2.41. The summed E-state index contributed by atoms with van der Waals surface area (Å²) in [6.07, 6.45) is 2.64. The quantitative estimate of drug-likeness (QED) is 0.259. The molecule has 26 heavy (non-hydrogen) atoms. The molecule has 0 bridgehead atoms. The van der Waals surface area contributed by atoms with E-state index < -0.39 is 0 Å². The molecule has 0 amide bonds. The fraction of sp³-hybridized carbons (Fsp3) is 0.368. The first-order chi connectivity index (χ1) is 12.2. The van der Waals surface area contributed by atoms with Gasteiger partial charge in [0.2, 0.25) is 0 Å². The Morgan fingerprint density at radius 2 is 1.92 bits per heavy atom. The number of nitrogens with one attached hydrogen (secondary N) is 2. The number of halogens is 2. The van der Waals surface area contributed by atoms with Crippen LogP contribution in [0.3, 0.4) is 0 Å². The predicted molar refractivity (Wildman–Crippen MR) is 122 cm³/mol. The third-order valence-corrected chi connectivity index (χ3v) is 3.96. The Labute approximate surface area is 178 Å². The number of hydrogen-bond acceptors (Lipinski definition) is 3. The molecule has 1 aromatic heterocycles. The van der Waals surface area contributed by atoms with Crippen molar-refractivity contribution in [3.63, 3.8) is 0 Å².